The van der Waals surface area contributed by atoms with Crippen LogP contribution in [0.4, 0.5) is 0 Å². The first-order valence-electron chi connectivity index (χ1n) is 7.44. The molecule has 0 aliphatic heterocycles. The summed E-state index contributed by atoms with van der Waals surface area (Å²) < 4.78 is 5.62. The Balaban J connectivity index is 1.77. The van der Waals surface area contributed by atoms with Crippen molar-refractivity contribution in [2.24, 2.45) is 5.73 Å². The van der Waals surface area contributed by atoms with Crippen molar-refractivity contribution in [3.8, 4) is 5.75 Å². The monoisotopic (exact) mass is 276 g/mol. The number of para-hydroxylation sites is 1. The lowest BCUT2D eigenvalue weighted by Crippen LogP contribution is -2.42. The fraction of sp³-hybridized carbons (Fsp3) is 0.562. The molecule has 0 saturated heterocycles. The smallest absolute Gasteiger partial charge is 0.258 e. The molecule has 0 radical (unpaired) electrons. The number of aryl methyl sites for hydroxylation is 1. The zero-order valence-corrected chi connectivity index (χ0v) is 12.1. The van der Waals surface area contributed by atoms with Crippen molar-refractivity contribution in [3.63, 3.8) is 0 Å². The Morgan fingerprint density at radius 1 is 1.30 bits per heavy atom. The van der Waals surface area contributed by atoms with Crippen LogP contribution in [0.5, 0.6) is 5.75 Å². The number of ether oxygens (including phenoxy) is 1. The van der Waals surface area contributed by atoms with Gasteiger partial charge in [0.25, 0.3) is 5.91 Å². The lowest BCUT2D eigenvalue weighted by Gasteiger charge is -2.26. The van der Waals surface area contributed by atoms with Crippen molar-refractivity contribution in [2.75, 3.05) is 6.61 Å². The molecule has 110 valence electrons. The number of nitrogens with two attached hydrogens (primary N) is 1. The molecular formula is C16H24N2O2. The van der Waals surface area contributed by atoms with Crippen LogP contribution in [0.2, 0.25) is 0 Å². The maximum Gasteiger partial charge on any atom is 0.258 e. The van der Waals surface area contributed by atoms with Crippen molar-refractivity contribution in [2.45, 2.75) is 51.1 Å². The quantitative estimate of drug-likeness (QED) is 0.864. The molecule has 1 aliphatic carbocycles. The SMILES string of the molecule is CCc1ccccc1OCC(=O)NC1CCC(N)CC1. The molecule has 1 aromatic carbocycles. The third kappa shape index (κ3) is 4.23. The molecule has 0 bridgehead atoms. The third-order valence-corrected chi connectivity index (χ3v) is 3.85. The van der Waals surface area contributed by atoms with Gasteiger partial charge in [-0.1, -0.05) is 25.1 Å². The van der Waals surface area contributed by atoms with Crippen LogP contribution in [0, 0.1) is 0 Å². The maximum absolute atomic E-state index is 11.9. The molecule has 20 heavy (non-hydrogen) atoms. The molecule has 4 nitrogen and oxygen atoms in total. The summed E-state index contributed by atoms with van der Waals surface area (Å²) in [4.78, 5) is 11.9. The zero-order chi connectivity index (χ0) is 14.4. The van der Waals surface area contributed by atoms with Crippen molar-refractivity contribution >= 4 is 5.91 Å². The van der Waals surface area contributed by atoms with E-state index in [0.29, 0.717) is 6.04 Å². The van der Waals surface area contributed by atoms with Gasteiger partial charge in [0.15, 0.2) is 6.61 Å². The Bertz CT molecular complexity index is 440. The van der Waals surface area contributed by atoms with Gasteiger partial charge in [-0.3, -0.25) is 4.79 Å². The van der Waals surface area contributed by atoms with Gasteiger partial charge < -0.3 is 15.8 Å². The van der Waals surface area contributed by atoms with Crippen LogP contribution in [0.3, 0.4) is 0 Å². The highest BCUT2D eigenvalue weighted by Gasteiger charge is 2.20. The number of hydrogen-bond acceptors (Lipinski definition) is 3. The van der Waals surface area contributed by atoms with Crippen LogP contribution in [0.15, 0.2) is 24.3 Å². The van der Waals surface area contributed by atoms with Gasteiger partial charge in [-0.15, -0.1) is 0 Å². The second kappa shape index (κ2) is 7.29. The second-order valence-electron chi connectivity index (χ2n) is 5.43. The highest BCUT2D eigenvalue weighted by atomic mass is 16.5. The Morgan fingerprint density at radius 2 is 2.00 bits per heavy atom. The molecule has 0 atom stereocenters. The van der Waals surface area contributed by atoms with Crippen molar-refractivity contribution in [3.05, 3.63) is 29.8 Å². The first-order valence-corrected chi connectivity index (χ1v) is 7.44. The molecule has 0 spiro atoms. The van der Waals surface area contributed by atoms with E-state index in [-0.39, 0.29) is 18.6 Å². The van der Waals surface area contributed by atoms with Gasteiger partial charge in [0.2, 0.25) is 0 Å². The van der Waals surface area contributed by atoms with E-state index in [1.165, 1.54) is 0 Å². The standard InChI is InChI=1S/C16H24N2O2/c1-2-12-5-3-4-6-15(12)20-11-16(19)18-14-9-7-13(17)8-10-14/h3-6,13-14H,2,7-11,17H2,1H3,(H,18,19). The number of hydrogen-bond donors (Lipinski definition) is 2. The maximum atomic E-state index is 11.9. The van der Waals surface area contributed by atoms with Crippen LogP contribution in [0.1, 0.15) is 38.2 Å². The number of rotatable bonds is 5. The average molecular weight is 276 g/mol. The number of amides is 1. The average Bonchev–Trinajstić information content (AvgIpc) is 2.48. The van der Waals surface area contributed by atoms with E-state index in [9.17, 15) is 4.79 Å². The Labute approximate surface area is 120 Å². The molecule has 1 amide bonds. The van der Waals surface area contributed by atoms with Gasteiger partial charge in [-0.25, -0.2) is 0 Å². The summed E-state index contributed by atoms with van der Waals surface area (Å²) in [6.45, 7) is 2.16. The molecular weight excluding hydrogens is 252 g/mol. The highest BCUT2D eigenvalue weighted by molar-refractivity contribution is 5.77. The number of nitrogens with one attached hydrogen (secondary N) is 1. The molecule has 0 aromatic heterocycles. The first kappa shape index (κ1) is 14.9. The highest BCUT2D eigenvalue weighted by Crippen LogP contribution is 2.19. The van der Waals surface area contributed by atoms with E-state index in [0.717, 1.165) is 43.4 Å². The van der Waals surface area contributed by atoms with Gasteiger partial charge in [0.05, 0.1) is 0 Å². The zero-order valence-electron chi connectivity index (χ0n) is 12.1. The topological polar surface area (TPSA) is 64.3 Å². The van der Waals surface area contributed by atoms with Gasteiger partial charge in [0.1, 0.15) is 5.75 Å². The van der Waals surface area contributed by atoms with E-state index in [2.05, 4.69) is 12.2 Å². The van der Waals surface area contributed by atoms with Crippen LogP contribution < -0.4 is 15.8 Å². The fourth-order valence-corrected chi connectivity index (χ4v) is 2.61. The molecule has 3 N–H and O–H groups in total. The summed E-state index contributed by atoms with van der Waals surface area (Å²) in [5.74, 6) is 0.757. The molecule has 1 aliphatic rings. The Hall–Kier alpha value is -1.55. The molecule has 1 aromatic rings. The number of carbonyl (C=O) groups is 1. The summed E-state index contributed by atoms with van der Waals surface area (Å²) in [6.07, 6.45) is 4.82. The van der Waals surface area contributed by atoms with E-state index < -0.39 is 0 Å². The van der Waals surface area contributed by atoms with Gasteiger partial charge >= 0.3 is 0 Å². The Kier molecular flexibility index (Phi) is 5.41. The van der Waals surface area contributed by atoms with E-state index in [1.807, 2.05) is 24.3 Å². The third-order valence-electron chi connectivity index (χ3n) is 3.85. The van der Waals surface area contributed by atoms with E-state index in [4.69, 9.17) is 10.5 Å². The minimum absolute atomic E-state index is 0.0450. The van der Waals surface area contributed by atoms with E-state index >= 15 is 0 Å². The number of benzene rings is 1. The minimum Gasteiger partial charge on any atom is -0.483 e. The fourth-order valence-electron chi connectivity index (χ4n) is 2.61. The minimum atomic E-state index is -0.0450. The molecule has 1 fully saturated rings. The molecule has 2 rings (SSSR count). The summed E-state index contributed by atoms with van der Waals surface area (Å²) in [5, 5.41) is 3.03. The summed E-state index contributed by atoms with van der Waals surface area (Å²) >= 11 is 0. The molecule has 0 heterocycles. The van der Waals surface area contributed by atoms with Crippen LogP contribution in [-0.2, 0) is 11.2 Å². The lowest BCUT2D eigenvalue weighted by atomic mass is 9.92. The summed E-state index contributed by atoms with van der Waals surface area (Å²) in [6, 6.07) is 8.40. The number of carbonyl (C=O) groups excluding carboxylic acids is 1. The molecule has 4 heteroatoms. The Morgan fingerprint density at radius 3 is 2.70 bits per heavy atom. The molecule has 0 unspecified atom stereocenters. The van der Waals surface area contributed by atoms with Gasteiger partial charge in [0, 0.05) is 12.1 Å². The van der Waals surface area contributed by atoms with Gasteiger partial charge in [-0.05, 0) is 43.7 Å². The van der Waals surface area contributed by atoms with Gasteiger partial charge in [-0.2, -0.15) is 0 Å². The predicted molar refractivity (Wildman–Crippen MR) is 79.7 cm³/mol. The van der Waals surface area contributed by atoms with E-state index in [1.54, 1.807) is 0 Å². The van der Waals surface area contributed by atoms with Crippen molar-refractivity contribution in [1.82, 2.24) is 5.32 Å². The molecule has 1 saturated carbocycles. The lowest BCUT2D eigenvalue weighted by molar-refractivity contribution is -0.124. The largest absolute Gasteiger partial charge is 0.483 e. The summed E-state index contributed by atoms with van der Waals surface area (Å²) in [5.41, 5.74) is 6.99. The predicted octanol–water partition coefficient (Wildman–Crippen LogP) is 2.01. The second-order valence-corrected chi connectivity index (χ2v) is 5.43. The summed E-state index contributed by atoms with van der Waals surface area (Å²) in [7, 11) is 0. The normalized spacial score (nSPS) is 22.3. The van der Waals surface area contributed by atoms with Crippen LogP contribution in [-0.4, -0.2) is 24.6 Å². The van der Waals surface area contributed by atoms with Crippen LogP contribution >= 0.6 is 0 Å². The van der Waals surface area contributed by atoms with Crippen LogP contribution in [0.25, 0.3) is 0 Å². The van der Waals surface area contributed by atoms with Crippen molar-refractivity contribution in [1.29, 1.82) is 0 Å². The van der Waals surface area contributed by atoms with Crippen molar-refractivity contribution < 1.29 is 9.53 Å². The first-order chi connectivity index (χ1) is 9.69.